The summed E-state index contributed by atoms with van der Waals surface area (Å²) in [5.41, 5.74) is 13.9. The largest absolute Gasteiger partial charge is 0.397 e. The number of nitrogens with one attached hydrogen (secondary N) is 2. The maximum Gasteiger partial charge on any atom is 0.138 e. The summed E-state index contributed by atoms with van der Waals surface area (Å²) in [7, 11) is 0. The van der Waals surface area contributed by atoms with E-state index in [2.05, 4.69) is 42.3 Å². The third-order valence-corrected chi connectivity index (χ3v) is 5.38. The van der Waals surface area contributed by atoms with Gasteiger partial charge in [0.05, 0.1) is 22.6 Å². The molecule has 0 aliphatic rings. The van der Waals surface area contributed by atoms with Crippen LogP contribution in [-0.4, -0.2) is 30.1 Å². The van der Waals surface area contributed by atoms with Crippen molar-refractivity contribution in [1.29, 1.82) is 0 Å². The number of pyridine rings is 3. The topological polar surface area (TPSA) is 109 Å². The lowest BCUT2D eigenvalue weighted by molar-refractivity contribution is 1.12. The van der Waals surface area contributed by atoms with Gasteiger partial charge >= 0.3 is 0 Å². The maximum absolute atomic E-state index is 5.92. The first-order valence-electron chi connectivity index (χ1n) is 9.85. The van der Waals surface area contributed by atoms with E-state index in [1.165, 1.54) is 0 Å². The summed E-state index contributed by atoms with van der Waals surface area (Å²) in [6, 6.07) is 18.0. The summed E-state index contributed by atoms with van der Waals surface area (Å²) in [6.07, 6.45) is 7.04. The fraction of sp³-hybridized carbons (Fsp3) is 0. The van der Waals surface area contributed by atoms with Gasteiger partial charge in [-0.05, 0) is 48.0 Å². The normalized spacial score (nSPS) is 11.4. The summed E-state index contributed by atoms with van der Waals surface area (Å²) < 4.78 is 0. The molecule has 0 atom stereocenters. The Bertz CT molecular complexity index is 1550. The third kappa shape index (κ3) is 2.91. The first-order chi connectivity index (χ1) is 15.3. The predicted molar refractivity (Wildman–Crippen MR) is 122 cm³/mol. The zero-order valence-electron chi connectivity index (χ0n) is 16.4. The minimum Gasteiger partial charge on any atom is -0.397 e. The summed E-state index contributed by atoms with van der Waals surface area (Å²) in [4.78, 5) is 16.6. The van der Waals surface area contributed by atoms with Crippen molar-refractivity contribution in [3.8, 4) is 33.8 Å². The van der Waals surface area contributed by atoms with Crippen LogP contribution in [0.4, 0.5) is 5.69 Å². The van der Waals surface area contributed by atoms with E-state index in [1.54, 1.807) is 18.6 Å². The van der Waals surface area contributed by atoms with E-state index in [9.17, 15) is 0 Å². The van der Waals surface area contributed by atoms with E-state index in [4.69, 9.17) is 5.73 Å². The first kappa shape index (κ1) is 17.3. The van der Waals surface area contributed by atoms with Gasteiger partial charge in [-0.3, -0.25) is 15.1 Å². The van der Waals surface area contributed by atoms with Crippen molar-refractivity contribution in [2.24, 2.45) is 0 Å². The number of anilines is 1. The molecule has 4 N–H and O–H groups in total. The van der Waals surface area contributed by atoms with Crippen LogP contribution in [0, 0.1) is 0 Å². The molecule has 5 heterocycles. The number of benzene rings is 1. The van der Waals surface area contributed by atoms with E-state index >= 15 is 0 Å². The van der Waals surface area contributed by atoms with Crippen molar-refractivity contribution in [3.63, 3.8) is 0 Å². The second kappa shape index (κ2) is 6.77. The number of aromatic nitrogens is 6. The third-order valence-electron chi connectivity index (χ3n) is 5.38. The molecule has 7 heteroatoms. The monoisotopic (exact) mass is 403 g/mol. The van der Waals surface area contributed by atoms with Crippen LogP contribution in [0.1, 0.15) is 0 Å². The molecule has 0 radical (unpaired) electrons. The second-order valence-electron chi connectivity index (χ2n) is 7.36. The Morgan fingerprint density at radius 2 is 1.77 bits per heavy atom. The molecule has 6 rings (SSSR count). The Balaban J connectivity index is 1.51. The quantitative estimate of drug-likeness (QED) is 0.393. The van der Waals surface area contributed by atoms with E-state index in [-0.39, 0.29) is 0 Å². The van der Waals surface area contributed by atoms with Gasteiger partial charge in [-0.2, -0.15) is 5.10 Å². The molecule has 31 heavy (non-hydrogen) atoms. The number of hydrogen-bond donors (Lipinski definition) is 3. The maximum atomic E-state index is 5.92. The molecule has 7 nitrogen and oxygen atoms in total. The molecule has 1 aromatic carbocycles. The molecule has 0 aliphatic carbocycles. The predicted octanol–water partition coefficient (Wildman–Crippen LogP) is 4.81. The Hall–Kier alpha value is -4.52. The fourth-order valence-corrected chi connectivity index (χ4v) is 3.91. The standard InChI is InChI=1S/C24H17N7/c25-16-9-15(12-26-13-16)14-4-5-21-19(10-14)23(31-30-21)22-11-18-17(6-8-28-24(18)29-22)20-3-1-2-7-27-20/h1-13H,25H2,(H,28,29)(H,30,31). The lowest BCUT2D eigenvalue weighted by Gasteiger charge is -2.03. The van der Waals surface area contributed by atoms with Crippen LogP contribution in [0.15, 0.2) is 79.4 Å². The Labute approximate surface area is 177 Å². The highest BCUT2D eigenvalue weighted by Crippen LogP contribution is 2.34. The van der Waals surface area contributed by atoms with Gasteiger partial charge in [-0.25, -0.2) is 4.98 Å². The number of hydrogen-bond acceptors (Lipinski definition) is 5. The van der Waals surface area contributed by atoms with Crippen LogP contribution in [0.2, 0.25) is 0 Å². The SMILES string of the molecule is Nc1cncc(-c2ccc3[nH]nc(-c4cc5c(-c6ccccn6)ccnc5[nH]4)c3c2)c1. The van der Waals surface area contributed by atoms with Crippen molar-refractivity contribution >= 4 is 27.6 Å². The van der Waals surface area contributed by atoms with Gasteiger partial charge in [0.15, 0.2) is 0 Å². The van der Waals surface area contributed by atoms with Gasteiger partial charge in [0.25, 0.3) is 0 Å². The van der Waals surface area contributed by atoms with Gasteiger partial charge in [0.2, 0.25) is 0 Å². The van der Waals surface area contributed by atoms with Gasteiger partial charge in [0, 0.05) is 46.7 Å². The van der Waals surface area contributed by atoms with Gasteiger partial charge in [0.1, 0.15) is 11.3 Å². The van der Waals surface area contributed by atoms with Crippen molar-refractivity contribution in [2.45, 2.75) is 0 Å². The molecule has 6 aromatic rings. The van der Waals surface area contributed by atoms with E-state index in [1.807, 2.05) is 48.7 Å². The molecule has 0 saturated carbocycles. The molecular formula is C24H17N7. The second-order valence-corrected chi connectivity index (χ2v) is 7.36. The zero-order valence-corrected chi connectivity index (χ0v) is 16.4. The minimum absolute atomic E-state index is 0.633. The Kier molecular flexibility index (Phi) is 3.79. The minimum atomic E-state index is 0.633. The Morgan fingerprint density at radius 3 is 2.65 bits per heavy atom. The average Bonchev–Trinajstić information content (AvgIpc) is 3.43. The number of nitrogen functional groups attached to an aromatic ring is 1. The van der Waals surface area contributed by atoms with Crippen LogP contribution < -0.4 is 5.73 Å². The van der Waals surface area contributed by atoms with Crippen molar-refractivity contribution in [3.05, 3.63) is 79.4 Å². The summed E-state index contributed by atoms with van der Waals surface area (Å²) in [5.74, 6) is 0. The van der Waals surface area contributed by atoms with Crippen molar-refractivity contribution < 1.29 is 0 Å². The van der Waals surface area contributed by atoms with Crippen molar-refractivity contribution in [1.82, 2.24) is 30.1 Å². The summed E-state index contributed by atoms with van der Waals surface area (Å²) in [6.45, 7) is 0. The molecule has 0 aliphatic heterocycles. The van der Waals surface area contributed by atoms with Crippen LogP contribution in [0.5, 0.6) is 0 Å². The zero-order chi connectivity index (χ0) is 20.8. The molecule has 0 unspecified atom stereocenters. The highest BCUT2D eigenvalue weighted by Gasteiger charge is 2.15. The lowest BCUT2D eigenvalue weighted by Crippen LogP contribution is -1.87. The molecule has 0 amide bonds. The van der Waals surface area contributed by atoms with Gasteiger partial charge in [-0.1, -0.05) is 12.1 Å². The molecule has 148 valence electrons. The molecule has 0 saturated heterocycles. The summed E-state index contributed by atoms with van der Waals surface area (Å²) in [5, 5.41) is 9.71. The van der Waals surface area contributed by atoms with Crippen LogP contribution in [0.3, 0.4) is 0 Å². The first-order valence-corrected chi connectivity index (χ1v) is 9.85. The van der Waals surface area contributed by atoms with Crippen LogP contribution in [0.25, 0.3) is 55.7 Å². The molecule has 0 bridgehead atoms. The number of nitrogens with two attached hydrogens (primary N) is 1. The number of fused-ring (bicyclic) bond motifs is 2. The van der Waals surface area contributed by atoms with Crippen LogP contribution in [-0.2, 0) is 0 Å². The molecular weight excluding hydrogens is 386 g/mol. The van der Waals surface area contributed by atoms with Crippen molar-refractivity contribution in [2.75, 3.05) is 5.73 Å². The molecule has 5 aromatic heterocycles. The summed E-state index contributed by atoms with van der Waals surface area (Å²) >= 11 is 0. The van der Waals surface area contributed by atoms with Gasteiger partial charge in [-0.15, -0.1) is 0 Å². The number of nitrogens with zero attached hydrogens (tertiary/aromatic N) is 4. The highest BCUT2D eigenvalue weighted by molar-refractivity contribution is 6.00. The number of aromatic amines is 2. The van der Waals surface area contributed by atoms with E-state index in [0.29, 0.717) is 5.69 Å². The average molecular weight is 403 g/mol. The number of rotatable bonds is 3. The molecule has 0 fully saturated rings. The smallest absolute Gasteiger partial charge is 0.138 e. The highest BCUT2D eigenvalue weighted by atomic mass is 15.1. The Morgan fingerprint density at radius 1 is 0.806 bits per heavy atom. The number of H-pyrrole nitrogens is 2. The van der Waals surface area contributed by atoms with Gasteiger partial charge < -0.3 is 10.7 Å². The van der Waals surface area contributed by atoms with E-state index < -0.39 is 0 Å². The molecule has 0 spiro atoms. The van der Waals surface area contributed by atoms with Crippen LogP contribution >= 0.6 is 0 Å². The van der Waals surface area contributed by atoms with E-state index in [0.717, 1.165) is 55.7 Å². The fourth-order valence-electron chi connectivity index (χ4n) is 3.91. The lowest BCUT2D eigenvalue weighted by atomic mass is 10.0.